The number of halogens is 2. The van der Waals surface area contributed by atoms with Crippen LogP contribution in [-0.4, -0.2) is 17.5 Å². The molecule has 0 bridgehead atoms. The minimum atomic E-state index is -2.47. The third-order valence-corrected chi connectivity index (χ3v) is 1.93. The van der Waals surface area contributed by atoms with Gasteiger partial charge < -0.3 is 5.73 Å². The Morgan fingerprint density at radius 1 is 1.54 bits per heavy atom. The van der Waals surface area contributed by atoms with E-state index in [2.05, 4.69) is 4.98 Å². The molecule has 0 aromatic carbocycles. The highest BCUT2D eigenvalue weighted by Crippen LogP contribution is 2.10. The normalized spacial score (nSPS) is 13.3. The van der Waals surface area contributed by atoms with Gasteiger partial charge in [0.2, 0.25) is 0 Å². The highest BCUT2D eigenvalue weighted by atomic mass is 19.3. The van der Waals surface area contributed by atoms with Crippen molar-refractivity contribution in [3.8, 4) is 0 Å². The van der Waals surface area contributed by atoms with Crippen LogP contribution in [0.4, 0.5) is 8.78 Å². The minimum absolute atomic E-state index is 0.178. The van der Waals surface area contributed by atoms with E-state index in [1.54, 1.807) is 18.5 Å². The van der Waals surface area contributed by atoms with E-state index in [4.69, 9.17) is 5.73 Å². The topological polar surface area (TPSA) is 38.9 Å². The van der Waals surface area contributed by atoms with Gasteiger partial charge in [-0.15, -0.1) is 0 Å². The third kappa shape index (κ3) is 2.73. The smallest absolute Gasteiger partial charge is 0.253 e. The molecule has 1 aromatic heterocycles. The molecule has 1 aromatic rings. The van der Waals surface area contributed by atoms with Crippen molar-refractivity contribution in [2.24, 2.45) is 5.73 Å². The van der Waals surface area contributed by atoms with Crippen molar-refractivity contribution in [1.82, 2.24) is 4.98 Å². The molecule has 0 fully saturated rings. The maximum absolute atomic E-state index is 12.1. The van der Waals surface area contributed by atoms with Gasteiger partial charge in [-0.3, -0.25) is 4.98 Å². The fraction of sp³-hybridized carbons (Fsp3) is 0.444. The Hall–Kier alpha value is -1.03. The molecule has 0 spiro atoms. The number of pyridine rings is 1. The van der Waals surface area contributed by atoms with Gasteiger partial charge >= 0.3 is 0 Å². The van der Waals surface area contributed by atoms with Gasteiger partial charge in [0.25, 0.3) is 6.43 Å². The molecule has 0 aliphatic heterocycles. The number of nitrogens with two attached hydrogens (primary N) is 1. The predicted octanol–water partition coefficient (Wildman–Crippen LogP) is 1.52. The van der Waals surface area contributed by atoms with Crippen LogP contribution in [0.5, 0.6) is 0 Å². The number of nitrogens with zero attached hydrogens (tertiary/aromatic N) is 1. The molecule has 1 heterocycles. The first-order valence-corrected chi connectivity index (χ1v) is 4.04. The molecule has 2 N–H and O–H groups in total. The lowest BCUT2D eigenvalue weighted by molar-refractivity contribution is 0.116. The molecule has 2 nitrogen and oxygen atoms in total. The van der Waals surface area contributed by atoms with Gasteiger partial charge in [-0.2, -0.15) is 0 Å². The Bertz CT molecular complexity index is 276. The summed E-state index contributed by atoms with van der Waals surface area (Å²) in [6.45, 7) is 1.86. The average molecular weight is 186 g/mol. The van der Waals surface area contributed by atoms with Crippen LogP contribution in [0.15, 0.2) is 18.5 Å². The summed E-state index contributed by atoms with van der Waals surface area (Å²) < 4.78 is 24.2. The third-order valence-electron chi connectivity index (χ3n) is 1.93. The van der Waals surface area contributed by atoms with Gasteiger partial charge in [0.05, 0.1) is 6.04 Å². The minimum Gasteiger partial charge on any atom is -0.323 e. The summed E-state index contributed by atoms with van der Waals surface area (Å²) in [6, 6.07) is 0.691. The Morgan fingerprint density at radius 2 is 2.23 bits per heavy atom. The molecular formula is C9H12F2N2. The second kappa shape index (κ2) is 4.28. The van der Waals surface area contributed by atoms with Crippen molar-refractivity contribution in [1.29, 1.82) is 0 Å². The number of hydrogen-bond donors (Lipinski definition) is 1. The summed E-state index contributed by atoms with van der Waals surface area (Å²) in [6.07, 6.45) is 0.918. The molecule has 0 aliphatic carbocycles. The summed E-state index contributed by atoms with van der Waals surface area (Å²) >= 11 is 0. The summed E-state index contributed by atoms with van der Waals surface area (Å²) in [5.74, 6) is 0. The predicted molar refractivity (Wildman–Crippen MR) is 46.7 cm³/mol. The standard InChI is InChI=1S/C9H12F2N2/c1-6-2-3-13-5-7(6)4-8(12)9(10)11/h2-3,5,8-9H,4,12H2,1H3. The first kappa shape index (κ1) is 10.1. The molecule has 1 rings (SSSR count). The van der Waals surface area contributed by atoms with Gasteiger partial charge in [-0.05, 0) is 30.5 Å². The van der Waals surface area contributed by atoms with E-state index in [-0.39, 0.29) is 6.42 Å². The van der Waals surface area contributed by atoms with E-state index in [0.717, 1.165) is 11.1 Å². The molecule has 0 aliphatic rings. The maximum atomic E-state index is 12.1. The van der Waals surface area contributed by atoms with Gasteiger partial charge in [0, 0.05) is 12.4 Å². The first-order valence-electron chi connectivity index (χ1n) is 4.04. The number of alkyl halides is 2. The lowest BCUT2D eigenvalue weighted by Crippen LogP contribution is -2.31. The van der Waals surface area contributed by atoms with Crippen molar-refractivity contribution in [2.45, 2.75) is 25.8 Å². The first-order chi connectivity index (χ1) is 6.11. The van der Waals surface area contributed by atoms with E-state index in [0.29, 0.717) is 0 Å². The van der Waals surface area contributed by atoms with E-state index < -0.39 is 12.5 Å². The lowest BCUT2D eigenvalue weighted by atomic mass is 10.0. The monoisotopic (exact) mass is 186 g/mol. The molecule has 0 saturated heterocycles. The van der Waals surface area contributed by atoms with Gasteiger partial charge in [0.1, 0.15) is 0 Å². The van der Waals surface area contributed by atoms with E-state index in [1.165, 1.54) is 0 Å². The van der Waals surface area contributed by atoms with Gasteiger partial charge in [-0.25, -0.2) is 8.78 Å². The molecule has 1 unspecified atom stereocenters. The maximum Gasteiger partial charge on any atom is 0.253 e. The van der Waals surface area contributed by atoms with Gasteiger partial charge in [-0.1, -0.05) is 0 Å². The fourth-order valence-corrected chi connectivity index (χ4v) is 1.05. The lowest BCUT2D eigenvalue weighted by Gasteiger charge is -2.11. The average Bonchev–Trinajstić information content (AvgIpc) is 2.08. The quantitative estimate of drug-likeness (QED) is 0.777. The Labute approximate surface area is 75.8 Å². The van der Waals surface area contributed by atoms with Crippen LogP contribution >= 0.6 is 0 Å². The van der Waals surface area contributed by atoms with E-state index in [9.17, 15) is 8.78 Å². The Balaban J connectivity index is 2.69. The summed E-state index contributed by atoms with van der Waals surface area (Å²) in [5, 5.41) is 0. The Kier molecular flexibility index (Phi) is 3.31. The molecular weight excluding hydrogens is 174 g/mol. The van der Waals surface area contributed by atoms with Crippen molar-refractivity contribution in [3.05, 3.63) is 29.6 Å². The van der Waals surface area contributed by atoms with Crippen LogP contribution in [-0.2, 0) is 6.42 Å². The van der Waals surface area contributed by atoms with Gasteiger partial charge in [0.15, 0.2) is 0 Å². The highest BCUT2D eigenvalue weighted by Gasteiger charge is 2.16. The van der Waals surface area contributed by atoms with Crippen LogP contribution in [0, 0.1) is 6.92 Å². The van der Waals surface area contributed by atoms with Crippen LogP contribution in [0.1, 0.15) is 11.1 Å². The molecule has 72 valence electrons. The number of rotatable bonds is 3. The SMILES string of the molecule is Cc1ccncc1CC(N)C(F)F. The van der Waals surface area contributed by atoms with Crippen molar-refractivity contribution in [3.63, 3.8) is 0 Å². The van der Waals surface area contributed by atoms with Crippen LogP contribution in [0.2, 0.25) is 0 Å². The van der Waals surface area contributed by atoms with Crippen LogP contribution in [0.3, 0.4) is 0 Å². The van der Waals surface area contributed by atoms with E-state index in [1.807, 2.05) is 6.92 Å². The van der Waals surface area contributed by atoms with Crippen molar-refractivity contribution >= 4 is 0 Å². The number of hydrogen-bond acceptors (Lipinski definition) is 2. The highest BCUT2D eigenvalue weighted by molar-refractivity contribution is 5.22. The van der Waals surface area contributed by atoms with Crippen molar-refractivity contribution in [2.75, 3.05) is 0 Å². The second-order valence-electron chi connectivity index (χ2n) is 3.00. The molecule has 1 atom stereocenters. The second-order valence-corrected chi connectivity index (χ2v) is 3.00. The zero-order chi connectivity index (χ0) is 9.84. The zero-order valence-electron chi connectivity index (χ0n) is 7.37. The Morgan fingerprint density at radius 3 is 2.77 bits per heavy atom. The summed E-state index contributed by atoms with van der Waals surface area (Å²) in [4.78, 5) is 3.86. The van der Waals surface area contributed by atoms with Crippen molar-refractivity contribution < 1.29 is 8.78 Å². The zero-order valence-corrected chi connectivity index (χ0v) is 7.37. The van der Waals surface area contributed by atoms with Crippen LogP contribution < -0.4 is 5.73 Å². The molecule has 0 radical (unpaired) electrons. The largest absolute Gasteiger partial charge is 0.323 e. The van der Waals surface area contributed by atoms with Crippen LogP contribution in [0.25, 0.3) is 0 Å². The fourth-order valence-electron chi connectivity index (χ4n) is 1.05. The summed E-state index contributed by atoms with van der Waals surface area (Å²) in [7, 11) is 0. The number of aryl methyl sites for hydroxylation is 1. The molecule has 4 heteroatoms. The molecule has 13 heavy (non-hydrogen) atoms. The molecule has 0 amide bonds. The van der Waals surface area contributed by atoms with E-state index >= 15 is 0 Å². The summed E-state index contributed by atoms with van der Waals surface area (Å²) in [5.41, 5.74) is 6.98. The number of aromatic nitrogens is 1. The molecule has 0 saturated carbocycles.